The van der Waals surface area contributed by atoms with Crippen molar-refractivity contribution in [2.75, 3.05) is 5.32 Å². The molecule has 0 unspecified atom stereocenters. The van der Waals surface area contributed by atoms with Crippen molar-refractivity contribution in [1.82, 2.24) is 5.32 Å². The average Bonchev–Trinajstić information content (AvgIpc) is 2.16. The van der Waals surface area contributed by atoms with E-state index in [2.05, 4.69) is 17.2 Å². The Kier molecular flexibility index (Phi) is 3.55. The first kappa shape index (κ1) is 10.1. The molecule has 0 heterocycles. The number of benzene rings is 1. The molecule has 1 aromatic carbocycles. The number of hydrogen-bond acceptors (Lipinski definition) is 3. The minimum Gasteiger partial charge on any atom is -0.386 e. The summed E-state index contributed by atoms with van der Waals surface area (Å²) in [5.74, 6) is 0.406. The second-order valence-corrected chi connectivity index (χ2v) is 2.85. The number of amides is 1. The lowest BCUT2D eigenvalue weighted by molar-refractivity contribution is -0.109. The number of anilines is 1. The Morgan fingerprint density at radius 3 is 2.57 bits per heavy atom. The second kappa shape index (κ2) is 4.91. The fourth-order valence-corrected chi connectivity index (χ4v) is 1.05. The molecule has 0 fully saturated rings. The topological polar surface area (TPSA) is 67.2 Å². The van der Waals surface area contributed by atoms with Gasteiger partial charge in [0.25, 0.3) is 0 Å². The number of rotatable bonds is 5. The van der Waals surface area contributed by atoms with Crippen LogP contribution < -0.4 is 16.4 Å². The van der Waals surface area contributed by atoms with Gasteiger partial charge in [-0.3, -0.25) is 4.79 Å². The molecule has 74 valence electrons. The van der Waals surface area contributed by atoms with Gasteiger partial charge < -0.3 is 16.4 Å². The van der Waals surface area contributed by atoms with Gasteiger partial charge in [0.2, 0.25) is 6.41 Å². The number of nitrogens with two attached hydrogens (primary N) is 1. The molecule has 0 aliphatic carbocycles. The van der Waals surface area contributed by atoms with E-state index >= 15 is 0 Å². The molecule has 0 saturated carbocycles. The minimum atomic E-state index is 0.406. The summed E-state index contributed by atoms with van der Waals surface area (Å²) >= 11 is 0. The molecular weight excluding hydrogens is 178 g/mol. The van der Waals surface area contributed by atoms with E-state index in [0.717, 1.165) is 11.3 Å². The van der Waals surface area contributed by atoms with Crippen LogP contribution >= 0.6 is 0 Å². The molecule has 4 N–H and O–H groups in total. The minimum absolute atomic E-state index is 0.406. The second-order valence-electron chi connectivity index (χ2n) is 2.85. The Balaban J connectivity index is 2.58. The van der Waals surface area contributed by atoms with Gasteiger partial charge in [-0.25, -0.2) is 0 Å². The van der Waals surface area contributed by atoms with Gasteiger partial charge in [-0.05, 0) is 17.7 Å². The lowest BCUT2D eigenvalue weighted by Crippen LogP contribution is -2.10. The molecule has 0 saturated heterocycles. The van der Waals surface area contributed by atoms with Crippen molar-refractivity contribution in [3.63, 3.8) is 0 Å². The van der Waals surface area contributed by atoms with Gasteiger partial charge in [-0.15, -0.1) is 0 Å². The third-order valence-corrected chi connectivity index (χ3v) is 1.65. The summed E-state index contributed by atoms with van der Waals surface area (Å²) in [7, 11) is 0. The van der Waals surface area contributed by atoms with Gasteiger partial charge in [0.1, 0.15) is 0 Å². The molecule has 4 heteroatoms. The smallest absolute Gasteiger partial charge is 0.207 e. The highest BCUT2D eigenvalue weighted by atomic mass is 16.1. The molecule has 1 aromatic rings. The van der Waals surface area contributed by atoms with Gasteiger partial charge in [0.15, 0.2) is 0 Å². The van der Waals surface area contributed by atoms with Crippen molar-refractivity contribution in [3.8, 4) is 0 Å². The van der Waals surface area contributed by atoms with Gasteiger partial charge in [-0.2, -0.15) is 0 Å². The fraction of sp³-hybridized carbons (Fsp3) is 0.100. The first-order chi connectivity index (χ1) is 6.72. The number of carbonyl (C=O) groups is 1. The van der Waals surface area contributed by atoms with E-state index in [9.17, 15) is 4.79 Å². The standard InChI is InChI=1S/C10H13N3O/c1-8(11)13-10-4-2-9(3-5-10)6-12-7-14/h2-5,7,13H,1,6,11H2,(H,12,14). The summed E-state index contributed by atoms with van der Waals surface area (Å²) < 4.78 is 0. The number of nitrogens with one attached hydrogen (secondary N) is 2. The van der Waals surface area contributed by atoms with Crippen molar-refractivity contribution >= 4 is 12.1 Å². The zero-order chi connectivity index (χ0) is 10.4. The average molecular weight is 191 g/mol. The molecule has 14 heavy (non-hydrogen) atoms. The highest BCUT2D eigenvalue weighted by Gasteiger charge is 1.93. The lowest BCUT2D eigenvalue weighted by atomic mass is 10.2. The van der Waals surface area contributed by atoms with E-state index in [1.54, 1.807) is 0 Å². The normalized spacial score (nSPS) is 9.14. The molecule has 4 nitrogen and oxygen atoms in total. The fourth-order valence-electron chi connectivity index (χ4n) is 1.05. The number of carbonyl (C=O) groups excluding carboxylic acids is 1. The van der Waals surface area contributed by atoms with Crippen LogP contribution in [-0.4, -0.2) is 6.41 Å². The maximum atomic E-state index is 10.0. The predicted molar refractivity (Wildman–Crippen MR) is 56.3 cm³/mol. The SMILES string of the molecule is C=C(N)Nc1ccc(CNC=O)cc1. The van der Waals surface area contributed by atoms with Crippen LogP contribution in [0.25, 0.3) is 0 Å². The summed E-state index contributed by atoms with van der Waals surface area (Å²) in [6, 6.07) is 7.56. The van der Waals surface area contributed by atoms with Crippen LogP contribution in [0.1, 0.15) is 5.56 Å². The van der Waals surface area contributed by atoms with Gasteiger partial charge in [-0.1, -0.05) is 18.7 Å². The molecule has 1 rings (SSSR count). The van der Waals surface area contributed by atoms with E-state index in [1.807, 2.05) is 24.3 Å². The zero-order valence-electron chi connectivity index (χ0n) is 7.79. The van der Waals surface area contributed by atoms with Crippen molar-refractivity contribution in [2.45, 2.75) is 6.54 Å². The monoisotopic (exact) mass is 191 g/mol. The highest BCUT2D eigenvalue weighted by molar-refractivity contribution is 5.49. The van der Waals surface area contributed by atoms with E-state index < -0.39 is 0 Å². The third-order valence-electron chi connectivity index (χ3n) is 1.65. The Morgan fingerprint density at radius 2 is 2.07 bits per heavy atom. The van der Waals surface area contributed by atoms with Crippen LogP contribution in [0, 0.1) is 0 Å². The summed E-state index contributed by atoms with van der Waals surface area (Å²) in [6.07, 6.45) is 0.674. The van der Waals surface area contributed by atoms with E-state index in [0.29, 0.717) is 18.8 Å². The van der Waals surface area contributed by atoms with Crippen molar-refractivity contribution in [2.24, 2.45) is 5.73 Å². The van der Waals surface area contributed by atoms with E-state index in [-0.39, 0.29) is 0 Å². The summed E-state index contributed by atoms with van der Waals surface area (Å²) in [5.41, 5.74) is 7.29. The molecule has 0 radical (unpaired) electrons. The largest absolute Gasteiger partial charge is 0.386 e. The molecule has 0 aliphatic heterocycles. The maximum absolute atomic E-state index is 10.0. The maximum Gasteiger partial charge on any atom is 0.207 e. The predicted octanol–water partition coefficient (Wildman–Crippen LogP) is 0.774. The lowest BCUT2D eigenvalue weighted by Gasteiger charge is -2.05. The van der Waals surface area contributed by atoms with E-state index in [4.69, 9.17) is 5.73 Å². The molecular formula is C10H13N3O. The Hall–Kier alpha value is -1.97. The molecule has 1 amide bonds. The van der Waals surface area contributed by atoms with Crippen LogP contribution in [0.2, 0.25) is 0 Å². The van der Waals surface area contributed by atoms with Crippen molar-refractivity contribution in [3.05, 3.63) is 42.2 Å². The molecule has 0 aromatic heterocycles. The summed E-state index contributed by atoms with van der Waals surface area (Å²) in [4.78, 5) is 10.0. The Morgan fingerprint density at radius 1 is 1.43 bits per heavy atom. The van der Waals surface area contributed by atoms with Gasteiger partial charge in [0, 0.05) is 12.2 Å². The van der Waals surface area contributed by atoms with Crippen LogP contribution in [0.3, 0.4) is 0 Å². The first-order valence-electron chi connectivity index (χ1n) is 4.20. The van der Waals surface area contributed by atoms with Crippen LogP contribution in [0.4, 0.5) is 5.69 Å². The van der Waals surface area contributed by atoms with Crippen molar-refractivity contribution in [1.29, 1.82) is 0 Å². The van der Waals surface area contributed by atoms with Crippen LogP contribution in [-0.2, 0) is 11.3 Å². The van der Waals surface area contributed by atoms with Crippen LogP contribution in [0.5, 0.6) is 0 Å². The van der Waals surface area contributed by atoms with Gasteiger partial charge in [0.05, 0.1) is 5.82 Å². The Bertz CT molecular complexity index is 319. The van der Waals surface area contributed by atoms with Crippen molar-refractivity contribution < 1.29 is 4.79 Å². The molecule has 0 spiro atoms. The summed E-state index contributed by atoms with van der Waals surface area (Å²) in [5, 5.41) is 5.46. The third kappa shape index (κ3) is 3.18. The highest BCUT2D eigenvalue weighted by Crippen LogP contribution is 2.09. The number of hydrogen-bond donors (Lipinski definition) is 3. The van der Waals surface area contributed by atoms with Crippen LogP contribution in [0.15, 0.2) is 36.7 Å². The van der Waals surface area contributed by atoms with E-state index in [1.165, 1.54) is 0 Å². The van der Waals surface area contributed by atoms with Gasteiger partial charge >= 0.3 is 0 Å². The molecule has 0 atom stereocenters. The first-order valence-corrected chi connectivity index (χ1v) is 4.20. The molecule has 0 bridgehead atoms. The Labute approximate surface area is 82.8 Å². The quantitative estimate of drug-likeness (QED) is 0.602. The summed E-state index contributed by atoms with van der Waals surface area (Å²) in [6.45, 7) is 4.07. The zero-order valence-corrected chi connectivity index (χ0v) is 7.79. The molecule has 0 aliphatic rings.